The lowest BCUT2D eigenvalue weighted by atomic mass is 10.2. The summed E-state index contributed by atoms with van der Waals surface area (Å²) in [4.78, 5) is 0.102. The summed E-state index contributed by atoms with van der Waals surface area (Å²) in [5.41, 5.74) is 1.14. The van der Waals surface area contributed by atoms with Crippen molar-refractivity contribution in [3.63, 3.8) is 0 Å². The van der Waals surface area contributed by atoms with Crippen molar-refractivity contribution in [3.05, 3.63) is 59.8 Å². The number of sulfonamides is 1. The number of benzene rings is 1. The Kier molecular flexibility index (Phi) is 4.10. The van der Waals surface area contributed by atoms with E-state index in [1.165, 1.54) is 27.7 Å². The molecule has 0 saturated heterocycles. The van der Waals surface area contributed by atoms with Crippen molar-refractivity contribution in [3.8, 4) is 0 Å². The van der Waals surface area contributed by atoms with E-state index in [2.05, 4.69) is 14.9 Å². The third-order valence-corrected chi connectivity index (χ3v) is 4.83. The first-order valence-corrected chi connectivity index (χ1v) is 8.63. The Morgan fingerprint density at radius 3 is 2.71 bits per heavy atom. The highest BCUT2D eigenvalue weighted by atomic mass is 32.2. The Morgan fingerprint density at radius 2 is 2.04 bits per heavy atom. The predicted molar refractivity (Wildman–Crippen MR) is 86.5 cm³/mol. The molecule has 1 aromatic carbocycles. The lowest BCUT2D eigenvalue weighted by Gasteiger charge is -2.04. The number of anilines is 1. The second kappa shape index (κ2) is 6.08. The Bertz CT molecular complexity index is 977. The number of aryl methyl sites for hydroxylation is 2. The average Bonchev–Trinajstić information content (AvgIpc) is 3.05. The summed E-state index contributed by atoms with van der Waals surface area (Å²) >= 11 is 0. The van der Waals surface area contributed by atoms with Crippen LogP contribution in [0.4, 0.5) is 10.2 Å². The fourth-order valence-corrected chi connectivity index (χ4v) is 3.58. The number of hydrogen-bond acceptors (Lipinski definition) is 4. The van der Waals surface area contributed by atoms with Crippen LogP contribution in [-0.2, 0) is 23.6 Å². The molecule has 3 rings (SSSR count). The van der Waals surface area contributed by atoms with Gasteiger partial charge in [-0.15, -0.1) is 0 Å². The minimum Gasteiger partial charge on any atom is -0.274 e. The molecule has 0 atom stereocenters. The van der Waals surface area contributed by atoms with Crippen LogP contribution < -0.4 is 4.72 Å². The van der Waals surface area contributed by atoms with Crippen molar-refractivity contribution in [2.24, 2.45) is 7.05 Å². The van der Waals surface area contributed by atoms with E-state index in [1.54, 1.807) is 38.4 Å². The molecule has 0 aliphatic rings. The van der Waals surface area contributed by atoms with E-state index in [4.69, 9.17) is 0 Å². The first-order chi connectivity index (χ1) is 11.3. The molecule has 24 heavy (non-hydrogen) atoms. The van der Waals surface area contributed by atoms with Gasteiger partial charge in [0, 0.05) is 25.5 Å². The van der Waals surface area contributed by atoms with Gasteiger partial charge < -0.3 is 0 Å². The monoisotopic (exact) mass is 349 g/mol. The Labute approximate surface area is 138 Å². The van der Waals surface area contributed by atoms with Crippen molar-refractivity contribution >= 4 is 15.8 Å². The van der Waals surface area contributed by atoms with Gasteiger partial charge in [0.2, 0.25) is 0 Å². The number of rotatable bonds is 5. The molecule has 0 bridgehead atoms. The van der Waals surface area contributed by atoms with Gasteiger partial charge in [-0.25, -0.2) is 12.8 Å². The largest absolute Gasteiger partial charge is 0.274 e. The molecule has 1 N–H and O–H groups in total. The van der Waals surface area contributed by atoms with Crippen LogP contribution in [0.25, 0.3) is 0 Å². The topological polar surface area (TPSA) is 81.8 Å². The fourth-order valence-electron chi connectivity index (χ4n) is 2.36. The van der Waals surface area contributed by atoms with Crippen molar-refractivity contribution in [1.29, 1.82) is 0 Å². The van der Waals surface area contributed by atoms with Crippen LogP contribution in [0.5, 0.6) is 0 Å². The molecule has 0 aliphatic carbocycles. The maximum absolute atomic E-state index is 13.2. The first kappa shape index (κ1) is 16.2. The van der Waals surface area contributed by atoms with Crippen LogP contribution in [0.15, 0.2) is 47.6 Å². The maximum Gasteiger partial charge on any atom is 0.266 e. The highest BCUT2D eigenvalue weighted by Crippen LogP contribution is 2.17. The highest BCUT2D eigenvalue weighted by Gasteiger charge is 2.20. The van der Waals surface area contributed by atoms with Gasteiger partial charge in [0.05, 0.1) is 12.2 Å². The van der Waals surface area contributed by atoms with E-state index in [0.29, 0.717) is 12.2 Å². The van der Waals surface area contributed by atoms with Gasteiger partial charge >= 0.3 is 0 Å². The third-order valence-electron chi connectivity index (χ3n) is 3.37. The zero-order chi connectivity index (χ0) is 17.3. The van der Waals surface area contributed by atoms with Gasteiger partial charge in [-0.05, 0) is 24.6 Å². The van der Waals surface area contributed by atoms with Gasteiger partial charge in [0.1, 0.15) is 10.7 Å². The Morgan fingerprint density at radius 1 is 1.25 bits per heavy atom. The summed E-state index contributed by atoms with van der Waals surface area (Å²) in [6, 6.07) is 7.70. The smallest absolute Gasteiger partial charge is 0.266 e. The number of halogens is 1. The average molecular weight is 349 g/mol. The summed E-state index contributed by atoms with van der Waals surface area (Å²) in [5.74, 6) is -0.137. The second-order valence-electron chi connectivity index (χ2n) is 5.39. The highest BCUT2D eigenvalue weighted by molar-refractivity contribution is 7.92. The molecule has 2 aromatic heterocycles. The van der Waals surface area contributed by atoms with Gasteiger partial charge in [0.25, 0.3) is 10.0 Å². The van der Waals surface area contributed by atoms with Crippen molar-refractivity contribution in [2.75, 3.05) is 4.72 Å². The molecule has 0 saturated carbocycles. The molecular weight excluding hydrogens is 333 g/mol. The number of aromatic nitrogens is 4. The van der Waals surface area contributed by atoms with Crippen molar-refractivity contribution < 1.29 is 12.8 Å². The van der Waals surface area contributed by atoms with Crippen LogP contribution in [0, 0.1) is 12.7 Å². The molecule has 0 fully saturated rings. The molecule has 9 heteroatoms. The summed E-state index contributed by atoms with van der Waals surface area (Å²) in [7, 11) is -2.11. The van der Waals surface area contributed by atoms with E-state index in [1.807, 2.05) is 0 Å². The summed E-state index contributed by atoms with van der Waals surface area (Å²) in [6.45, 7) is 1.96. The van der Waals surface area contributed by atoms with E-state index in [0.717, 1.165) is 5.56 Å². The van der Waals surface area contributed by atoms with Gasteiger partial charge in [-0.3, -0.25) is 14.1 Å². The first-order valence-electron chi connectivity index (χ1n) is 7.14. The van der Waals surface area contributed by atoms with Crippen LogP contribution >= 0.6 is 0 Å². The third kappa shape index (κ3) is 3.46. The molecule has 126 valence electrons. The van der Waals surface area contributed by atoms with E-state index < -0.39 is 10.0 Å². The van der Waals surface area contributed by atoms with Crippen LogP contribution in [0.2, 0.25) is 0 Å². The molecule has 3 aromatic rings. The van der Waals surface area contributed by atoms with Crippen LogP contribution in [0.1, 0.15) is 11.3 Å². The number of nitrogens with zero attached hydrogens (tertiary/aromatic N) is 4. The fraction of sp³-hybridized carbons (Fsp3) is 0.200. The minimum absolute atomic E-state index is 0.102. The summed E-state index contributed by atoms with van der Waals surface area (Å²) in [6.07, 6.45) is 3.06. The van der Waals surface area contributed by atoms with Gasteiger partial charge in [-0.2, -0.15) is 10.2 Å². The standard InChI is InChI=1S/C15H16FN5O2S/c1-11-14(10-20(2)17-11)24(22,23)19-15-6-7-21(18-15)9-12-4-3-5-13(16)8-12/h3-8,10H,9H2,1-2H3,(H,18,19). The zero-order valence-electron chi connectivity index (χ0n) is 13.1. The van der Waals surface area contributed by atoms with Crippen molar-refractivity contribution in [1.82, 2.24) is 19.6 Å². The number of hydrogen-bond donors (Lipinski definition) is 1. The molecule has 7 nitrogen and oxygen atoms in total. The SMILES string of the molecule is Cc1nn(C)cc1S(=O)(=O)Nc1ccn(Cc2cccc(F)c2)n1. The van der Waals surface area contributed by atoms with Gasteiger partial charge in [0.15, 0.2) is 5.82 Å². The molecular formula is C15H16FN5O2S. The normalized spacial score (nSPS) is 11.6. The number of nitrogens with one attached hydrogen (secondary N) is 1. The molecule has 0 spiro atoms. The van der Waals surface area contributed by atoms with E-state index in [-0.39, 0.29) is 16.5 Å². The Hall–Kier alpha value is -2.68. The zero-order valence-corrected chi connectivity index (χ0v) is 14.0. The minimum atomic E-state index is -3.76. The van der Waals surface area contributed by atoms with E-state index >= 15 is 0 Å². The molecule has 0 amide bonds. The van der Waals surface area contributed by atoms with Gasteiger partial charge in [-0.1, -0.05) is 12.1 Å². The second-order valence-corrected chi connectivity index (χ2v) is 7.04. The van der Waals surface area contributed by atoms with Crippen LogP contribution in [-0.4, -0.2) is 28.0 Å². The molecule has 0 aliphatic heterocycles. The molecule has 0 unspecified atom stereocenters. The Balaban J connectivity index is 1.77. The molecule has 0 radical (unpaired) electrons. The predicted octanol–water partition coefficient (Wildman–Crippen LogP) is 1.91. The lowest BCUT2D eigenvalue weighted by molar-refractivity contribution is 0.600. The maximum atomic E-state index is 13.2. The summed E-state index contributed by atoms with van der Waals surface area (Å²) in [5, 5.41) is 8.18. The quantitative estimate of drug-likeness (QED) is 0.763. The van der Waals surface area contributed by atoms with Crippen LogP contribution in [0.3, 0.4) is 0 Å². The lowest BCUT2D eigenvalue weighted by Crippen LogP contribution is -2.14. The summed E-state index contributed by atoms with van der Waals surface area (Å²) < 4.78 is 43.4. The molecule has 2 heterocycles. The van der Waals surface area contributed by atoms with Crippen molar-refractivity contribution in [2.45, 2.75) is 18.4 Å². The van der Waals surface area contributed by atoms with E-state index in [9.17, 15) is 12.8 Å².